The lowest BCUT2D eigenvalue weighted by Crippen LogP contribution is -2.42. The van der Waals surface area contributed by atoms with Crippen molar-refractivity contribution >= 4 is 28.7 Å². The van der Waals surface area contributed by atoms with Gasteiger partial charge in [-0.3, -0.25) is 19.3 Å². The highest BCUT2D eigenvalue weighted by molar-refractivity contribution is 7.90. The van der Waals surface area contributed by atoms with Gasteiger partial charge in [0.1, 0.15) is 9.84 Å². The molecule has 2 saturated heterocycles. The lowest BCUT2D eigenvalue weighted by molar-refractivity contribution is -0.123. The molecule has 0 radical (unpaired) electrons. The summed E-state index contributed by atoms with van der Waals surface area (Å²) in [6.07, 6.45) is 5.77. The second kappa shape index (κ2) is 15.2. The number of carboxylic acid groups (broad SMARTS) is 2. The fourth-order valence-corrected chi connectivity index (χ4v) is 3.76. The summed E-state index contributed by atoms with van der Waals surface area (Å²) in [4.78, 5) is 33.0. The highest BCUT2D eigenvalue weighted by Crippen LogP contribution is 2.16. The summed E-state index contributed by atoms with van der Waals surface area (Å²) in [6, 6.07) is 0. The van der Waals surface area contributed by atoms with Crippen LogP contribution in [0.1, 0.15) is 25.7 Å². The van der Waals surface area contributed by atoms with Gasteiger partial charge in [-0.1, -0.05) is 0 Å². The fraction of sp³-hybridized carbons (Fsp3) is 0.824. The van der Waals surface area contributed by atoms with Gasteiger partial charge in [-0.15, -0.1) is 0 Å². The summed E-state index contributed by atoms with van der Waals surface area (Å²) in [6.45, 7) is 5.38. The van der Waals surface area contributed by atoms with Crippen LogP contribution in [-0.2, 0) is 24.2 Å². The van der Waals surface area contributed by atoms with Crippen LogP contribution >= 0.6 is 0 Å². The Hall–Kier alpha value is -1.72. The molecule has 10 nitrogen and oxygen atoms in total. The van der Waals surface area contributed by atoms with Crippen LogP contribution in [0, 0.1) is 5.92 Å². The molecule has 11 heteroatoms. The smallest absolute Gasteiger partial charge is 0.290 e. The van der Waals surface area contributed by atoms with Crippen molar-refractivity contribution in [2.75, 3.05) is 57.8 Å². The van der Waals surface area contributed by atoms with Gasteiger partial charge in [0.2, 0.25) is 5.91 Å². The molecule has 0 saturated carbocycles. The molecule has 2 aliphatic heterocycles. The number of hydrogen-bond donors (Lipinski definition) is 3. The highest BCUT2D eigenvalue weighted by atomic mass is 32.2. The molecule has 3 N–H and O–H groups in total. The van der Waals surface area contributed by atoms with Gasteiger partial charge < -0.3 is 20.4 Å². The van der Waals surface area contributed by atoms with Crippen molar-refractivity contribution in [1.82, 2.24) is 15.1 Å². The Morgan fingerprint density at radius 2 is 1.54 bits per heavy atom. The fourth-order valence-electron chi connectivity index (χ4n) is 3.17. The average molecular weight is 424 g/mol. The van der Waals surface area contributed by atoms with E-state index in [-0.39, 0.29) is 24.6 Å². The summed E-state index contributed by atoms with van der Waals surface area (Å²) in [5, 5.41) is 16.8. The Balaban J connectivity index is 0.00000108. The number of rotatable bonds is 7. The first-order valence-corrected chi connectivity index (χ1v) is 11.4. The van der Waals surface area contributed by atoms with Gasteiger partial charge >= 0.3 is 0 Å². The average Bonchev–Trinajstić information content (AvgIpc) is 3.13. The molecule has 2 fully saturated rings. The predicted molar refractivity (Wildman–Crippen MR) is 105 cm³/mol. The number of amides is 1. The van der Waals surface area contributed by atoms with Crippen molar-refractivity contribution in [1.29, 1.82) is 0 Å². The number of nitrogens with zero attached hydrogens (tertiary/aromatic N) is 2. The third kappa shape index (κ3) is 14.4. The molecule has 0 aromatic carbocycles. The zero-order valence-corrected chi connectivity index (χ0v) is 17.3. The molecule has 0 bridgehead atoms. The van der Waals surface area contributed by atoms with E-state index in [2.05, 4.69) is 15.1 Å². The first-order chi connectivity index (χ1) is 13.3. The van der Waals surface area contributed by atoms with E-state index in [0.717, 1.165) is 45.6 Å². The zero-order chi connectivity index (χ0) is 21.4. The third-order valence-corrected chi connectivity index (χ3v) is 5.56. The summed E-state index contributed by atoms with van der Waals surface area (Å²) >= 11 is 0. The molecule has 1 amide bonds. The van der Waals surface area contributed by atoms with Crippen molar-refractivity contribution in [3.8, 4) is 0 Å². The molecule has 2 aliphatic rings. The molecular weight excluding hydrogens is 390 g/mol. The van der Waals surface area contributed by atoms with Gasteiger partial charge in [-0.05, 0) is 57.8 Å². The number of carbonyl (C=O) groups is 3. The van der Waals surface area contributed by atoms with Crippen molar-refractivity contribution in [3.63, 3.8) is 0 Å². The molecule has 0 unspecified atom stereocenters. The van der Waals surface area contributed by atoms with Crippen LogP contribution in [0.15, 0.2) is 0 Å². The van der Waals surface area contributed by atoms with Crippen LogP contribution in [0.25, 0.3) is 0 Å². The Morgan fingerprint density at radius 3 is 2.00 bits per heavy atom. The molecule has 0 aromatic heterocycles. The van der Waals surface area contributed by atoms with E-state index in [4.69, 9.17) is 19.8 Å². The largest absolute Gasteiger partial charge is 0.483 e. The van der Waals surface area contributed by atoms with Crippen LogP contribution in [0.2, 0.25) is 0 Å². The van der Waals surface area contributed by atoms with Gasteiger partial charge in [-0.25, -0.2) is 8.42 Å². The summed E-state index contributed by atoms with van der Waals surface area (Å²) in [5.74, 6) is 0.906. The van der Waals surface area contributed by atoms with E-state index in [9.17, 15) is 13.2 Å². The van der Waals surface area contributed by atoms with Crippen molar-refractivity contribution < 1.29 is 33.0 Å². The molecule has 0 aliphatic carbocycles. The van der Waals surface area contributed by atoms with Gasteiger partial charge in [0.25, 0.3) is 12.9 Å². The number of piperidine rings is 1. The van der Waals surface area contributed by atoms with Gasteiger partial charge in [0.05, 0.1) is 12.3 Å². The van der Waals surface area contributed by atoms with Gasteiger partial charge in [-0.2, -0.15) is 0 Å². The second-order valence-corrected chi connectivity index (χ2v) is 9.17. The minimum Gasteiger partial charge on any atom is -0.483 e. The van der Waals surface area contributed by atoms with E-state index < -0.39 is 9.84 Å². The monoisotopic (exact) mass is 423 g/mol. The number of hydrogen-bond acceptors (Lipinski definition) is 7. The Labute approximate surface area is 166 Å². The lowest BCUT2D eigenvalue weighted by atomic mass is 9.97. The number of carbonyl (C=O) groups excluding carboxylic acids is 1. The molecule has 0 aromatic rings. The Bertz CT molecular complexity index is 537. The van der Waals surface area contributed by atoms with Crippen molar-refractivity contribution in [2.45, 2.75) is 25.7 Å². The van der Waals surface area contributed by atoms with E-state index in [1.807, 2.05) is 0 Å². The summed E-state index contributed by atoms with van der Waals surface area (Å²) < 4.78 is 22.4. The molecule has 2 heterocycles. The first-order valence-electron chi connectivity index (χ1n) is 9.30. The van der Waals surface area contributed by atoms with E-state index in [0.29, 0.717) is 19.0 Å². The number of likely N-dealkylation sites (tertiary alicyclic amines) is 2. The van der Waals surface area contributed by atoms with Crippen LogP contribution < -0.4 is 5.32 Å². The Kier molecular flexibility index (Phi) is 14.3. The third-order valence-electron chi connectivity index (χ3n) is 4.64. The molecule has 0 atom stereocenters. The molecular formula is C17H33N3O7S. The maximum Gasteiger partial charge on any atom is 0.290 e. The maximum atomic E-state index is 11.9. The topological polar surface area (TPSA) is 144 Å². The normalized spacial score (nSPS) is 18.2. The first kappa shape index (κ1) is 26.3. The number of sulfone groups is 1. The number of nitrogens with one attached hydrogen (secondary N) is 1. The molecule has 0 spiro atoms. The van der Waals surface area contributed by atoms with Crippen LogP contribution in [0.5, 0.6) is 0 Å². The SMILES string of the molecule is CS(=O)(=O)CCN1CCC(CNC(=O)CN2CCCC2)CC1.O=CO.O=CO. The molecule has 28 heavy (non-hydrogen) atoms. The van der Waals surface area contributed by atoms with E-state index in [1.54, 1.807) is 0 Å². The quantitative estimate of drug-likeness (QED) is 0.455. The minimum absolute atomic E-state index is 0.140. The summed E-state index contributed by atoms with van der Waals surface area (Å²) in [7, 11) is -2.87. The van der Waals surface area contributed by atoms with Crippen molar-refractivity contribution in [3.05, 3.63) is 0 Å². The van der Waals surface area contributed by atoms with Crippen LogP contribution in [0.4, 0.5) is 0 Å². The van der Waals surface area contributed by atoms with E-state index in [1.165, 1.54) is 19.1 Å². The van der Waals surface area contributed by atoms with Crippen molar-refractivity contribution in [2.24, 2.45) is 5.92 Å². The van der Waals surface area contributed by atoms with Crippen LogP contribution in [-0.4, -0.2) is 105 Å². The second-order valence-electron chi connectivity index (χ2n) is 6.91. The zero-order valence-electron chi connectivity index (χ0n) is 16.5. The lowest BCUT2D eigenvalue weighted by Gasteiger charge is -2.31. The van der Waals surface area contributed by atoms with Gasteiger partial charge in [0, 0.05) is 19.3 Å². The summed E-state index contributed by atoms with van der Waals surface area (Å²) in [5.41, 5.74) is 0. The highest BCUT2D eigenvalue weighted by Gasteiger charge is 2.21. The minimum atomic E-state index is -2.87. The van der Waals surface area contributed by atoms with E-state index >= 15 is 0 Å². The molecule has 164 valence electrons. The van der Waals surface area contributed by atoms with Crippen LogP contribution in [0.3, 0.4) is 0 Å². The van der Waals surface area contributed by atoms with Gasteiger partial charge in [0.15, 0.2) is 0 Å². The molecule has 2 rings (SSSR count). The Morgan fingerprint density at radius 1 is 1.04 bits per heavy atom. The standard InChI is InChI=1S/C15H29N3O3S.2CH2O2/c1-22(20,21)11-10-17-8-4-14(5-9-17)12-16-15(19)13-18-6-2-3-7-18;2*2-1-3/h14H,2-13H2,1H3,(H,16,19);2*1H,(H,2,3). The maximum absolute atomic E-state index is 11.9. The predicted octanol–water partition coefficient (Wildman–Crippen LogP) is -0.643.